The van der Waals surface area contributed by atoms with Crippen LogP contribution in [0.25, 0.3) is 0 Å². The Bertz CT molecular complexity index is 385. The molecule has 0 spiro atoms. The third kappa shape index (κ3) is 1.31. The van der Waals surface area contributed by atoms with Gasteiger partial charge < -0.3 is 5.73 Å². The molecule has 0 aliphatic heterocycles. The molecule has 0 aromatic carbocycles. The first-order chi connectivity index (χ1) is 5.52. The topological polar surface area (TPSA) is 78.0 Å². The predicted molar refractivity (Wildman–Crippen MR) is 39.2 cm³/mol. The first-order valence-electron chi connectivity index (χ1n) is 3.08. The van der Waals surface area contributed by atoms with Crippen LogP contribution in [0.2, 0.25) is 0 Å². The SMILES string of the molecule is CC(=O)n1cc(F)c(N)nc1=O. The smallest absolute Gasteiger partial charge is 0.356 e. The Balaban J connectivity index is 3.43. The van der Waals surface area contributed by atoms with Gasteiger partial charge in [0.15, 0.2) is 11.6 Å². The fourth-order valence-electron chi connectivity index (χ4n) is 0.671. The van der Waals surface area contributed by atoms with Crippen LogP contribution in [0, 0.1) is 5.82 Å². The van der Waals surface area contributed by atoms with Crippen molar-refractivity contribution in [1.82, 2.24) is 9.55 Å². The molecule has 0 amide bonds. The van der Waals surface area contributed by atoms with E-state index in [1.165, 1.54) is 0 Å². The summed E-state index contributed by atoms with van der Waals surface area (Å²) >= 11 is 0. The Morgan fingerprint density at radius 3 is 2.83 bits per heavy atom. The van der Waals surface area contributed by atoms with Crippen LogP contribution in [-0.2, 0) is 0 Å². The number of nitrogens with zero attached hydrogens (tertiary/aromatic N) is 2. The molecule has 5 nitrogen and oxygen atoms in total. The number of nitrogen functional groups attached to an aromatic ring is 1. The minimum Gasteiger partial charge on any atom is -0.381 e. The summed E-state index contributed by atoms with van der Waals surface area (Å²) in [6.45, 7) is 1.12. The Morgan fingerprint density at radius 1 is 1.75 bits per heavy atom. The summed E-state index contributed by atoms with van der Waals surface area (Å²) in [5, 5.41) is 0. The van der Waals surface area contributed by atoms with Gasteiger partial charge in [-0.25, -0.2) is 13.8 Å². The number of hydrogen-bond acceptors (Lipinski definition) is 4. The van der Waals surface area contributed by atoms with E-state index in [0.29, 0.717) is 10.8 Å². The minimum absolute atomic E-state index is 0.502. The van der Waals surface area contributed by atoms with Gasteiger partial charge in [-0.05, 0) is 0 Å². The Kier molecular flexibility index (Phi) is 1.90. The van der Waals surface area contributed by atoms with Crippen LogP contribution in [-0.4, -0.2) is 15.5 Å². The number of nitrogens with two attached hydrogens (primary N) is 1. The molecule has 1 rings (SSSR count). The van der Waals surface area contributed by atoms with Crippen molar-refractivity contribution < 1.29 is 9.18 Å². The van der Waals surface area contributed by atoms with Crippen molar-refractivity contribution in [2.24, 2.45) is 0 Å². The van der Waals surface area contributed by atoms with E-state index >= 15 is 0 Å². The fourth-order valence-corrected chi connectivity index (χ4v) is 0.671. The van der Waals surface area contributed by atoms with Crippen LogP contribution in [0.5, 0.6) is 0 Å². The molecule has 0 atom stereocenters. The largest absolute Gasteiger partial charge is 0.381 e. The Hall–Kier alpha value is -1.72. The van der Waals surface area contributed by atoms with Gasteiger partial charge >= 0.3 is 5.69 Å². The lowest BCUT2D eigenvalue weighted by Gasteiger charge is -1.99. The molecule has 0 aliphatic carbocycles. The number of anilines is 1. The summed E-state index contributed by atoms with van der Waals surface area (Å²) in [5.41, 5.74) is 4.11. The summed E-state index contributed by atoms with van der Waals surface area (Å²) in [6.07, 6.45) is 0.715. The van der Waals surface area contributed by atoms with E-state index in [9.17, 15) is 14.0 Å². The highest BCUT2D eigenvalue weighted by molar-refractivity contribution is 5.75. The second-order valence-electron chi connectivity index (χ2n) is 2.15. The van der Waals surface area contributed by atoms with Crippen LogP contribution in [0.15, 0.2) is 11.0 Å². The molecule has 1 aromatic heterocycles. The van der Waals surface area contributed by atoms with Gasteiger partial charge in [0.1, 0.15) is 0 Å². The molecule has 0 saturated heterocycles. The summed E-state index contributed by atoms with van der Waals surface area (Å²) in [7, 11) is 0. The first kappa shape index (κ1) is 8.38. The summed E-state index contributed by atoms with van der Waals surface area (Å²) in [6, 6.07) is 0. The van der Waals surface area contributed by atoms with E-state index in [-0.39, 0.29) is 0 Å². The molecule has 0 saturated carbocycles. The van der Waals surface area contributed by atoms with Crippen LogP contribution in [0.4, 0.5) is 10.2 Å². The van der Waals surface area contributed by atoms with Gasteiger partial charge in [0.25, 0.3) is 0 Å². The highest BCUT2D eigenvalue weighted by Gasteiger charge is 2.07. The summed E-state index contributed by atoms with van der Waals surface area (Å²) in [5.74, 6) is -1.99. The Labute approximate surface area is 66.6 Å². The van der Waals surface area contributed by atoms with Gasteiger partial charge in [0.05, 0.1) is 6.20 Å². The highest BCUT2D eigenvalue weighted by atomic mass is 19.1. The lowest BCUT2D eigenvalue weighted by Crippen LogP contribution is -2.28. The summed E-state index contributed by atoms with van der Waals surface area (Å²) < 4.78 is 13.2. The van der Waals surface area contributed by atoms with Gasteiger partial charge in [-0.2, -0.15) is 4.98 Å². The quantitative estimate of drug-likeness (QED) is 0.577. The third-order valence-corrected chi connectivity index (χ3v) is 1.25. The predicted octanol–water partition coefficient (Wildman–Crippen LogP) is -0.375. The highest BCUT2D eigenvalue weighted by Crippen LogP contribution is 2.00. The zero-order valence-electron chi connectivity index (χ0n) is 6.24. The molecule has 1 aromatic rings. The number of halogens is 1. The standard InChI is InChI=1S/C6H6FN3O2/c1-3(11)10-2-4(7)5(8)9-6(10)12/h2H,1H3,(H2,8,9,12). The lowest BCUT2D eigenvalue weighted by molar-refractivity contribution is 0.0929. The summed E-state index contributed by atoms with van der Waals surface area (Å²) in [4.78, 5) is 24.5. The van der Waals surface area contributed by atoms with E-state index in [1.807, 2.05) is 0 Å². The molecule has 2 N–H and O–H groups in total. The normalized spacial score (nSPS) is 9.83. The van der Waals surface area contributed by atoms with Gasteiger partial charge in [-0.15, -0.1) is 0 Å². The van der Waals surface area contributed by atoms with Crippen molar-refractivity contribution in [2.45, 2.75) is 6.92 Å². The lowest BCUT2D eigenvalue weighted by atomic mass is 10.5. The van der Waals surface area contributed by atoms with E-state index in [4.69, 9.17) is 5.73 Å². The fraction of sp³-hybridized carbons (Fsp3) is 0.167. The maximum atomic E-state index is 12.6. The zero-order valence-corrected chi connectivity index (χ0v) is 6.24. The van der Waals surface area contributed by atoms with E-state index in [0.717, 1.165) is 6.92 Å². The minimum atomic E-state index is -0.884. The van der Waals surface area contributed by atoms with Gasteiger partial charge in [-0.3, -0.25) is 4.79 Å². The molecular weight excluding hydrogens is 165 g/mol. The average molecular weight is 171 g/mol. The van der Waals surface area contributed by atoms with Crippen molar-refractivity contribution >= 4 is 11.7 Å². The zero-order chi connectivity index (χ0) is 9.30. The number of rotatable bonds is 0. The maximum Gasteiger partial charge on any atom is 0.356 e. The molecule has 0 bridgehead atoms. The molecule has 6 heteroatoms. The van der Waals surface area contributed by atoms with E-state index in [1.54, 1.807) is 0 Å². The number of carbonyl (C=O) groups excluding carboxylic acids is 1. The molecule has 0 unspecified atom stereocenters. The van der Waals surface area contributed by atoms with Crippen molar-refractivity contribution in [3.8, 4) is 0 Å². The molecule has 64 valence electrons. The number of hydrogen-bond donors (Lipinski definition) is 1. The first-order valence-corrected chi connectivity index (χ1v) is 3.08. The Morgan fingerprint density at radius 2 is 2.33 bits per heavy atom. The molecule has 0 radical (unpaired) electrons. The van der Waals surface area contributed by atoms with Gasteiger partial charge in [0.2, 0.25) is 5.91 Å². The van der Waals surface area contributed by atoms with Crippen LogP contribution in [0.3, 0.4) is 0 Å². The van der Waals surface area contributed by atoms with Crippen LogP contribution < -0.4 is 11.4 Å². The maximum absolute atomic E-state index is 12.6. The second-order valence-corrected chi connectivity index (χ2v) is 2.15. The average Bonchev–Trinajstić information content (AvgIpc) is 1.96. The second kappa shape index (κ2) is 2.72. The van der Waals surface area contributed by atoms with Crippen molar-refractivity contribution in [2.75, 3.05) is 5.73 Å². The van der Waals surface area contributed by atoms with Gasteiger partial charge in [0, 0.05) is 6.92 Å². The van der Waals surface area contributed by atoms with Crippen molar-refractivity contribution in [3.05, 3.63) is 22.5 Å². The number of carbonyl (C=O) groups is 1. The molecular formula is C6H6FN3O2. The molecule has 0 aliphatic rings. The van der Waals surface area contributed by atoms with E-state index in [2.05, 4.69) is 4.98 Å². The van der Waals surface area contributed by atoms with Crippen molar-refractivity contribution in [1.29, 1.82) is 0 Å². The third-order valence-electron chi connectivity index (χ3n) is 1.25. The molecule has 1 heterocycles. The van der Waals surface area contributed by atoms with Crippen LogP contribution >= 0.6 is 0 Å². The molecule has 12 heavy (non-hydrogen) atoms. The monoisotopic (exact) mass is 171 g/mol. The molecule has 0 fully saturated rings. The van der Waals surface area contributed by atoms with Gasteiger partial charge in [-0.1, -0.05) is 0 Å². The van der Waals surface area contributed by atoms with Crippen molar-refractivity contribution in [3.63, 3.8) is 0 Å². The van der Waals surface area contributed by atoms with Crippen LogP contribution in [0.1, 0.15) is 11.7 Å². The number of aromatic nitrogens is 2. The van der Waals surface area contributed by atoms with E-state index < -0.39 is 23.2 Å².